The molecule has 3 aromatic rings. The summed E-state index contributed by atoms with van der Waals surface area (Å²) < 4.78 is 5.04. The summed E-state index contributed by atoms with van der Waals surface area (Å²) in [6, 6.07) is 6.68. The fraction of sp³-hybridized carbons (Fsp3) is 0.500. The normalized spacial score (nSPS) is 10.9. The van der Waals surface area contributed by atoms with E-state index in [1.54, 1.807) is 31.5 Å². The molecular weight excluding hydrogens is 493 g/mol. The molecule has 0 radical (unpaired) electrons. The first-order valence-corrected chi connectivity index (χ1v) is 17.5. The Labute approximate surface area is 193 Å². The summed E-state index contributed by atoms with van der Waals surface area (Å²) in [5.41, 5.74) is 1.72. The van der Waals surface area contributed by atoms with Crippen molar-refractivity contribution < 1.29 is 5.11 Å². The van der Waals surface area contributed by atoms with E-state index in [0.29, 0.717) is 22.5 Å². The summed E-state index contributed by atoms with van der Waals surface area (Å²) >= 11 is -0.839. The Balaban J connectivity index is 0.000000235. The van der Waals surface area contributed by atoms with Gasteiger partial charge in [0, 0.05) is 6.21 Å². The molecule has 3 rings (SSSR count). The fourth-order valence-corrected chi connectivity index (χ4v) is 12.7. The number of fused-ring (bicyclic) bond motifs is 1. The van der Waals surface area contributed by atoms with Crippen LogP contribution in [0.3, 0.4) is 0 Å². The van der Waals surface area contributed by atoms with Crippen molar-refractivity contribution in [3.63, 3.8) is 0 Å². The number of imidazole rings is 1. The van der Waals surface area contributed by atoms with Gasteiger partial charge in [0.15, 0.2) is 11.5 Å². The van der Waals surface area contributed by atoms with Crippen LogP contribution in [0.5, 0.6) is 5.75 Å². The zero-order valence-corrected chi connectivity index (χ0v) is 22.0. The SMILES string of the molecule is CCC[CH2][Sn+]([CH2]CCC)[CH2]CCC.[O-]c1ccccc1C=Nc1ncnc2nc[nH]c12. The Morgan fingerprint density at radius 3 is 2.19 bits per heavy atom. The zero-order chi connectivity index (χ0) is 22.3. The molecule has 0 saturated heterocycles. The Hall–Kier alpha value is -1.96. The molecule has 0 spiro atoms. The van der Waals surface area contributed by atoms with Crippen LogP contribution in [0.25, 0.3) is 11.2 Å². The molecule has 1 N–H and O–H groups in total. The molecule has 0 amide bonds. The van der Waals surface area contributed by atoms with Crippen LogP contribution in [-0.4, -0.2) is 45.9 Å². The molecule has 6 nitrogen and oxygen atoms in total. The van der Waals surface area contributed by atoms with Crippen molar-refractivity contribution in [1.82, 2.24) is 19.9 Å². The molecule has 0 saturated carbocycles. The van der Waals surface area contributed by atoms with Gasteiger partial charge in [0.2, 0.25) is 0 Å². The number of nitrogens with one attached hydrogen (secondary N) is 1. The van der Waals surface area contributed by atoms with E-state index in [1.165, 1.54) is 63.5 Å². The number of aromatic nitrogens is 4. The molecular formula is C24H35N5OSn. The number of H-pyrrole nitrogens is 1. The molecule has 0 aliphatic carbocycles. The summed E-state index contributed by atoms with van der Waals surface area (Å²) in [6.07, 6.45) is 13.3. The zero-order valence-electron chi connectivity index (χ0n) is 19.1. The maximum absolute atomic E-state index is 11.5. The van der Waals surface area contributed by atoms with E-state index in [0.717, 1.165) is 0 Å². The van der Waals surface area contributed by atoms with Gasteiger partial charge < -0.3 is 10.1 Å². The fourth-order valence-electron chi connectivity index (χ4n) is 3.22. The molecule has 0 unspecified atom stereocenters. The van der Waals surface area contributed by atoms with E-state index in [4.69, 9.17) is 0 Å². The predicted octanol–water partition coefficient (Wildman–Crippen LogP) is 6.06. The quantitative estimate of drug-likeness (QED) is 0.242. The van der Waals surface area contributed by atoms with Gasteiger partial charge in [-0.05, 0) is 5.56 Å². The third-order valence-corrected chi connectivity index (χ3v) is 14.2. The average Bonchev–Trinajstić information content (AvgIpc) is 3.28. The van der Waals surface area contributed by atoms with E-state index >= 15 is 0 Å². The summed E-state index contributed by atoms with van der Waals surface area (Å²) in [5, 5.41) is 11.5. The largest absolute Gasteiger partial charge is 0.872 e. The van der Waals surface area contributed by atoms with Gasteiger partial charge in [0.05, 0.1) is 6.33 Å². The first kappa shape index (κ1) is 25.3. The summed E-state index contributed by atoms with van der Waals surface area (Å²) in [6.45, 7) is 7.00. The van der Waals surface area contributed by atoms with Crippen LogP contribution in [0.4, 0.5) is 5.82 Å². The molecule has 0 aliphatic heterocycles. The van der Waals surface area contributed by atoms with Crippen LogP contribution in [-0.2, 0) is 0 Å². The summed E-state index contributed by atoms with van der Waals surface area (Å²) in [4.78, 5) is 19.1. The van der Waals surface area contributed by atoms with E-state index in [-0.39, 0.29) is 5.75 Å². The molecule has 7 heteroatoms. The molecule has 31 heavy (non-hydrogen) atoms. The van der Waals surface area contributed by atoms with Gasteiger partial charge in [-0.15, -0.1) is 5.75 Å². The minimum absolute atomic E-state index is 0.0730. The van der Waals surface area contributed by atoms with Crippen molar-refractivity contribution in [2.24, 2.45) is 4.99 Å². The smallest absolute Gasteiger partial charge is 0.182 e. The van der Waals surface area contributed by atoms with Gasteiger partial charge >= 0.3 is 92.4 Å². The molecule has 2 aromatic heterocycles. The van der Waals surface area contributed by atoms with Gasteiger partial charge in [-0.2, -0.15) is 0 Å². The second kappa shape index (κ2) is 14.9. The average molecular weight is 528 g/mol. The number of rotatable bonds is 11. The third-order valence-electron chi connectivity index (χ3n) is 5.10. The van der Waals surface area contributed by atoms with Gasteiger partial charge in [-0.1, -0.05) is 24.3 Å². The van der Waals surface area contributed by atoms with E-state index < -0.39 is 19.8 Å². The monoisotopic (exact) mass is 529 g/mol. The number of hydrogen-bond donors (Lipinski definition) is 1. The van der Waals surface area contributed by atoms with Crippen LogP contribution in [0.2, 0.25) is 13.3 Å². The van der Waals surface area contributed by atoms with Crippen molar-refractivity contribution in [2.75, 3.05) is 0 Å². The molecule has 0 atom stereocenters. The van der Waals surface area contributed by atoms with Crippen molar-refractivity contribution in [1.29, 1.82) is 0 Å². The Kier molecular flexibility index (Phi) is 12.2. The second-order valence-corrected chi connectivity index (χ2v) is 16.2. The van der Waals surface area contributed by atoms with Crippen LogP contribution < -0.4 is 5.11 Å². The second-order valence-electron chi connectivity index (χ2n) is 7.66. The number of hydrogen-bond acceptors (Lipinski definition) is 5. The summed E-state index contributed by atoms with van der Waals surface area (Å²) in [5.74, 6) is 0.386. The number of para-hydroxylation sites is 1. The third kappa shape index (κ3) is 8.97. The van der Waals surface area contributed by atoms with Gasteiger partial charge in [0.25, 0.3) is 0 Å². The topological polar surface area (TPSA) is 89.9 Å². The van der Waals surface area contributed by atoms with Crippen LogP contribution in [0.15, 0.2) is 41.9 Å². The minimum Gasteiger partial charge on any atom is -0.872 e. The number of nitrogens with zero attached hydrogens (tertiary/aromatic N) is 4. The van der Waals surface area contributed by atoms with Crippen LogP contribution >= 0.6 is 0 Å². The maximum Gasteiger partial charge on any atom is 0.182 e. The minimum atomic E-state index is -0.839. The first-order chi connectivity index (χ1) is 15.2. The van der Waals surface area contributed by atoms with E-state index in [9.17, 15) is 5.11 Å². The number of unbranched alkanes of at least 4 members (excludes halogenated alkanes) is 3. The molecule has 0 aliphatic rings. The number of aromatic amines is 1. The predicted molar refractivity (Wildman–Crippen MR) is 130 cm³/mol. The van der Waals surface area contributed by atoms with Crippen molar-refractivity contribution in [2.45, 2.75) is 72.6 Å². The summed E-state index contributed by atoms with van der Waals surface area (Å²) in [7, 11) is 0. The molecule has 0 fully saturated rings. The van der Waals surface area contributed by atoms with Gasteiger partial charge in [-0.25, -0.2) is 19.9 Å². The van der Waals surface area contributed by atoms with Gasteiger partial charge in [-0.3, -0.25) is 0 Å². The van der Waals surface area contributed by atoms with Crippen LogP contribution in [0, 0.1) is 0 Å². The Morgan fingerprint density at radius 1 is 0.935 bits per heavy atom. The molecule has 2 heterocycles. The Bertz CT molecular complexity index is 893. The maximum atomic E-state index is 11.5. The molecule has 166 valence electrons. The molecule has 1 aromatic carbocycles. The first-order valence-electron chi connectivity index (χ1n) is 11.5. The van der Waals surface area contributed by atoms with Gasteiger partial charge in [0.1, 0.15) is 11.8 Å². The van der Waals surface area contributed by atoms with Crippen molar-refractivity contribution in [3.05, 3.63) is 42.5 Å². The van der Waals surface area contributed by atoms with Crippen LogP contribution in [0.1, 0.15) is 64.9 Å². The van der Waals surface area contributed by atoms with Crippen molar-refractivity contribution >= 4 is 43.0 Å². The van der Waals surface area contributed by atoms with E-state index in [2.05, 4.69) is 45.7 Å². The standard InChI is InChI=1S/C12H9N5O.3C4H9.Sn/c18-9-4-2-1-3-8(9)5-13-11-10-12(15-6-14-10)17-7-16-11;3*1-3-4-2;/h1-7,18H,(H,14,15,16,17);3*1,3-4H2,2H3;/q;;;;+1/p-1. The number of benzene rings is 1. The van der Waals surface area contributed by atoms with E-state index in [1.807, 2.05) is 0 Å². The van der Waals surface area contributed by atoms with Crippen molar-refractivity contribution in [3.8, 4) is 5.75 Å². The number of aliphatic imine (C=N–C) groups is 1. The molecule has 0 bridgehead atoms. The Morgan fingerprint density at radius 2 is 1.58 bits per heavy atom.